The molecule has 13 nitrogen and oxygen atoms in total. The molecule has 0 aromatic heterocycles. The van der Waals surface area contributed by atoms with E-state index in [2.05, 4.69) is 6.92 Å². The lowest BCUT2D eigenvalue weighted by atomic mass is 9.49. The Hall–Kier alpha value is -2.72. The van der Waals surface area contributed by atoms with Gasteiger partial charge in [-0.15, -0.1) is 0 Å². The molecular formula is C44H58O13. The molecule has 1 aromatic carbocycles. The summed E-state index contributed by atoms with van der Waals surface area (Å²) in [7, 11) is 0. The first-order valence-electron chi connectivity index (χ1n) is 20.9. The minimum atomic E-state index is -2.21. The van der Waals surface area contributed by atoms with E-state index in [4.69, 9.17) is 28.4 Å². The summed E-state index contributed by atoms with van der Waals surface area (Å²) in [5.41, 5.74) is -8.82. The Labute approximate surface area is 333 Å². The largest absolute Gasteiger partial charge is 0.458 e. The Morgan fingerprint density at radius 1 is 0.965 bits per heavy atom. The van der Waals surface area contributed by atoms with Crippen LogP contribution in [0.4, 0.5) is 0 Å². The SMILES string of the molecule is CC(C)CC(=O)O[C@H]1/C=C\C=C/C(=O)O[C@H]2[C@@H](C)C[C@@H]3[C@]2(O)[C@H](O)[C@@]2(CO)O[C@H]2[C@H]2[C@H]4O[C@]5(c6ccccc6)O[C@@H]([C@@H](C)[C@@]23O5)[C@@]4(O)[C@](C)(O)C[C@H]2CC[C@H]1[C@H]2C. The minimum absolute atomic E-state index is 0.0620. The van der Waals surface area contributed by atoms with Crippen LogP contribution in [0.25, 0.3) is 0 Å². The van der Waals surface area contributed by atoms with E-state index in [0.29, 0.717) is 18.4 Å². The van der Waals surface area contributed by atoms with E-state index in [0.717, 1.165) is 0 Å². The molecule has 10 bridgehead atoms. The summed E-state index contributed by atoms with van der Waals surface area (Å²) in [5, 5.41) is 63.3. The van der Waals surface area contributed by atoms with Crippen LogP contribution in [0.5, 0.6) is 0 Å². The molecule has 57 heavy (non-hydrogen) atoms. The molecule has 0 radical (unpaired) electrons. The molecule has 8 fully saturated rings. The quantitative estimate of drug-likeness (QED) is 0.216. The Kier molecular flexibility index (Phi) is 9.16. The van der Waals surface area contributed by atoms with Crippen molar-refractivity contribution in [2.24, 2.45) is 47.3 Å². The van der Waals surface area contributed by atoms with Crippen LogP contribution in [0.15, 0.2) is 54.6 Å². The normalized spacial score (nSPS) is 54.4. The molecule has 13 heteroatoms. The zero-order valence-electron chi connectivity index (χ0n) is 33.5. The maximum atomic E-state index is 13.7. The third-order valence-corrected chi connectivity index (χ3v) is 15.8. The van der Waals surface area contributed by atoms with Gasteiger partial charge in [-0.3, -0.25) is 4.79 Å². The molecule has 0 unspecified atom stereocenters. The molecular weight excluding hydrogens is 736 g/mol. The van der Waals surface area contributed by atoms with E-state index in [-0.39, 0.29) is 48.9 Å². The summed E-state index contributed by atoms with van der Waals surface area (Å²) in [5.74, 6) is -6.33. The summed E-state index contributed by atoms with van der Waals surface area (Å²) < 4.78 is 39.5. The second-order valence-electron chi connectivity index (χ2n) is 19.3. The monoisotopic (exact) mass is 794 g/mol. The number of aliphatic hydroxyl groups excluding tert-OH is 2. The smallest absolute Gasteiger partial charge is 0.331 e. The maximum Gasteiger partial charge on any atom is 0.331 e. The van der Waals surface area contributed by atoms with Crippen LogP contribution in [0, 0.1) is 47.3 Å². The van der Waals surface area contributed by atoms with Gasteiger partial charge in [0.15, 0.2) is 0 Å². The van der Waals surface area contributed by atoms with Gasteiger partial charge in [-0.1, -0.05) is 77.1 Å². The van der Waals surface area contributed by atoms with Gasteiger partial charge in [-0.25, -0.2) is 4.79 Å². The average Bonchev–Trinajstić information content (AvgIpc) is 3.72. The molecule has 5 heterocycles. The van der Waals surface area contributed by atoms with Crippen molar-refractivity contribution in [1.29, 1.82) is 0 Å². The number of benzene rings is 1. The first-order chi connectivity index (χ1) is 26.9. The Balaban J connectivity index is 1.22. The van der Waals surface area contributed by atoms with Gasteiger partial charge in [0.05, 0.1) is 17.8 Å². The standard InChI is InChI=1S/C44H58O13/c1-22(2)18-32(47)52-29-14-10-11-15-31(46)53-34-23(3)19-30-41(34,50)38(48)40(21-45)36(54-40)33-37-43(51,39(6,49)20-26-16-17-28(29)24(26)4)35-25(5)42(30,33)57-44(55-35,56-37)27-12-8-7-9-13-27/h7-15,22-26,28-30,33-38,45,48-51H,16-21H2,1-6H3/b14-10-,15-11-/t23-,24-,25+,26+,28-,29-,30+,33-,34-,35-,36-,37+,38+,39+,40-,41+,42-,43-,44-/m0/s1. The fourth-order valence-electron chi connectivity index (χ4n) is 13.0. The van der Waals surface area contributed by atoms with Crippen molar-refractivity contribution in [2.45, 2.75) is 144 Å². The Morgan fingerprint density at radius 2 is 1.68 bits per heavy atom. The number of epoxide rings is 1. The van der Waals surface area contributed by atoms with Crippen LogP contribution in [-0.2, 0) is 44.0 Å². The number of rotatable bonds is 5. The van der Waals surface area contributed by atoms with Crippen LogP contribution in [-0.4, -0.2) is 109 Å². The number of ether oxygens (including phenoxy) is 6. The van der Waals surface area contributed by atoms with Crippen LogP contribution in [0.2, 0.25) is 0 Å². The van der Waals surface area contributed by atoms with E-state index >= 15 is 0 Å². The zero-order valence-corrected chi connectivity index (χ0v) is 33.5. The summed E-state index contributed by atoms with van der Waals surface area (Å²) in [6, 6.07) is 9.04. The molecule has 1 aromatic rings. The number of esters is 2. The highest BCUT2D eigenvalue weighted by Gasteiger charge is 2.91. The highest BCUT2D eigenvalue weighted by atomic mass is 16.9. The van der Waals surface area contributed by atoms with Crippen molar-refractivity contribution in [1.82, 2.24) is 0 Å². The lowest BCUT2D eigenvalue weighted by Crippen LogP contribution is -2.89. The third-order valence-electron chi connectivity index (χ3n) is 15.8. The average molecular weight is 795 g/mol. The highest BCUT2D eigenvalue weighted by Crippen LogP contribution is 2.75. The van der Waals surface area contributed by atoms with Gasteiger partial charge in [-0.05, 0) is 62.4 Å². The maximum absolute atomic E-state index is 13.7. The van der Waals surface area contributed by atoms with Gasteiger partial charge >= 0.3 is 17.9 Å². The summed E-state index contributed by atoms with van der Waals surface area (Å²) in [6.45, 7) is 10.6. The second-order valence-corrected chi connectivity index (χ2v) is 19.3. The number of aliphatic hydroxyl groups is 5. The van der Waals surface area contributed by atoms with Crippen molar-refractivity contribution in [2.75, 3.05) is 6.61 Å². The second kappa shape index (κ2) is 13.1. The van der Waals surface area contributed by atoms with E-state index in [9.17, 15) is 35.1 Å². The fourth-order valence-corrected chi connectivity index (χ4v) is 13.0. The molecule has 312 valence electrons. The van der Waals surface area contributed by atoms with E-state index in [1.54, 1.807) is 31.2 Å². The predicted octanol–water partition coefficient (Wildman–Crippen LogP) is 3.04. The van der Waals surface area contributed by atoms with Crippen LogP contribution >= 0.6 is 0 Å². The lowest BCUT2D eigenvalue weighted by Gasteiger charge is -2.74. The number of fused-ring (bicyclic) bond motifs is 3. The summed E-state index contributed by atoms with van der Waals surface area (Å²) in [6.07, 6.45) is 1.15. The summed E-state index contributed by atoms with van der Waals surface area (Å²) in [4.78, 5) is 26.7. The number of hydrogen-bond donors (Lipinski definition) is 5. The molecule has 5 aliphatic heterocycles. The van der Waals surface area contributed by atoms with E-state index in [1.165, 1.54) is 12.2 Å². The number of carbonyl (C=O) groups is 2. The first-order valence-corrected chi connectivity index (χ1v) is 20.9. The third kappa shape index (κ3) is 5.26. The van der Waals surface area contributed by atoms with Gasteiger partial charge in [0.1, 0.15) is 53.4 Å². The highest BCUT2D eigenvalue weighted by molar-refractivity contribution is 5.82. The Bertz CT molecular complexity index is 1830. The number of hydrogen-bond acceptors (Lipinski definition) is 13. The van der Waals surface area contributed by atoms with Crippen molar-refractivity contribution >= 4 is 11.9 Å². The van der Waals surface area contributed by atoms with Gasteiger partial charge in [0.2, 0.25) is 0 Å². The van der Waals surface area contributed by atoms with Gasteiger partial charge in [0.25, 0.3) is 0 Å². The van der Waals surface area contributed by atoms with Crippen LogP contribution in [0.3, 0.4) is 0 Å². The molecule has 4 saturated carbocycles. The topological polar surface area (TPSA) is 194 Å². The van der Waals surface area contributed by atoms with Gasteiger partial charge in [-0.2, -0.15) is 0 Å². The molecule has 19 atom stereocenters. The van der Waals surface area contributed by atoms with E-state index < -0.39 is 107 Å². The van der Waals surface area contributed by atoms with Crippen molar-refractivity contribution in [3.63, 3.8) is 0 Å². The van der Waals surface area contributed by atoms with Gasteiger partial charge in [0, 0.05) is 41.7 Å². The van der Waals surface area contributed by atoms with Crippen molar-refractivity contribution in [3.05, 3.63) is 60.2 Å². The Morgan fingerprint density at radius 3 is 2.39 bits per heavy atom. The molecule has 1 spiro atoms. The van der Waals surface area contributed by atoms with E-state index in [1.807, 2.05) is 45.9 Å². The number of allylic oxidation sites excluding steroid dienone is 2. The van der Waals surface area contributed by atoms with Crippen molar-refractivity contribution in [3.8, 4) is 0 Å². The molecule has 4 saturated heterocycles. The zero-order chi connectivity index (χ0) is 40.7. The molecule has 4 aliphatic carbocycles. The van der Waals surface area contributed by atoms with Gasteiger partial charge < -0.3 is 54.0 Å². The minimum Gasteiger partial charge on any atom is -0.458 e. The first kappa shape index (κ1) is 39.7. The van der Waals surface area contributed by atoms with Crippen molar-refractivity contribution < 1.29 is 63.5 Å². The number of carbonyl (C=O) groups excluding carboxylic acids is 2. The molecule has 0 amide bonds. The fraction of sp³-hybridized carbons (Fsp3) is 0.727. The molecule has 9 aliphatic rings. The summed E-state index contributed by atoms with van der Waals surface area (Å²) >= 11 is 0. The van der Waals surface area contributed by atoms with Crippen LogP contribution in [0.1, 0.15) is 79.2 Å². The predicted molar refractivity (Wildman–Crippen MR) is 200 cm³/mol. The molecule has 5 N–H and O–H groups in total. The molecule has 10 rings (SSSR count). The lowest BCUT2D eigenvalue weighted by molar-refractivity contribution is -0.595. The van der Waals surface area contributed by atoms with Crippen LogP contribution < -0.4 is 0 Å².